The number of imide groups is 1. The molecule has 156 valence electrons. The molecule has 2 fully saturated rings. The van der Waals surface area contributed by atoms with Crippen molar-refractivity contribution in [3.63, 3.8) is 0 Å². The normalized spacial score (nSPS) is 22.8. The lowest BCUT2D eigenvalue weighted by Gasteiger charge is -2.29. The molecule has 0 aliphatic carbocycles. The first-order chi connectivity index (χ1) is 15.0. The number of para-hydroxylation sites is 2. The summed E-state index contributed by atoms with van der Waals surface area (Å²) in [6.45, 7) is 0. The molecule has 2 saturated heterocycles. The van der Waals surface area contributed by atoms with E-state index in [9.17, 15) is 14.7 Å². The number of nitrogens with zero attached hydrogens (tertiary/aromatic N) is 2. The second kappa shape index (κ2) is 7.57. The molecule has 2 amide bonds. The van der Waals surface area contributed by atoms with Gasteiger partial charge >= 0.3 is 0 Å². The number of fused-ring (bicyclic) bond motifs is 1. The van der Waals surface area contributed by atoms with Gasteiger partial charge in [-0.3, -0.25) is 14.4 Å². The van der Waals surface area contributed by atoms with E-state index in [4.69, 9.17) is 28.0 Å². The van der Waals surface area contributed by atoms with Crippen LogP contribution in [0.3, 0.4) is 0 Å². The van der Waals surface area contributed by atoms with Crippen LogP contribution in [0.1, 0.15) is 11.6 Å². The van der Waals surface area contributed by atoms with Gasteiger partial charge in [0.1, 0.15) is 11.7 Å². The first-order valence-corrected chi connectivity index (χ1v) is 10.3. The molecular weight excluding hydrogens is 439 g/mol. The Morgan fingerprint density at radius 1 is 0.806 bits per heavy atom. The van der Waals surface area contributed by atoms with Crippen LogP contribution in [0.15, 0.2) is 72.8 Å². The van der Waals surface area contributed by atoms with Crippen LogP contribution in [-0.2, 0) is 14.4 Å². The molecule has 3 aromatic carbocycles. The zero-order chi connectivity index (χ0) is 21.7. The van der Waals surface area contributed by atoms with E-state index in [1.54, 1.807) is 30.3 Å². The van der Waals surface area contributed by atoms with Gasteiger partial charge in [0.25, 0.3) is 5.91 Å². The summed E-state index contributed by atoms with van der Waals surface area (Å²) in [7, 11) is 0. The second-order valence-corrected chi connectivity index (χ2v) is 8.14. The van der Waals surface area contributed by atoms with Gasteiger partial charge in [0.15, 0.2) is 6.10 Å². The molecule has 2 aliphatic heterocycles. The monoisotopic (exact) mass is 454 g/mol. The Morgan fingerprint density at radius 2 is 1.52 bits per heavy atom. The number of aromatic hydroxyl groups is 1. The van der Waals surface area contributed by atoms with Gasteiger partial charge in [0, 0.05) is 5.56 Å². The van der Waals surface area contributed by atoms with E-state index in [1.165, 1.54) is 17.2 Å². The summed E-state index contributed by atoms with van der Waals surface area (Å²) >= 11 is 12.1. The number of benzene rings is 3. The lowest BCUT2D eigenvalue weighted by Crippen LogP contribution is -2.37. The number of amides is 2. The van der Waals surface area contributed by atoms with E-state index in [-0.39, 0.29) is 10.8 Å². The number of hydrogen-bond donors (Lipinski definition) is 1. The molecule has 0 bridgehead atoms. The van der Waals surface area contributed by atoms with E-state index in [0.717, 1.165) is 4.90 Å². The van der Waals surface area contributed by atoms with Gasteiger partial charge in [0.2, 0.25) is 5.91 Å². The van der Waals surface area contributed by atoms with Crippen molar-refractivity contribution in [2.45, 2.75) is 12.1 Å². The van der Waals surface area contributed by atoms with Gasteiger partial charge in [-0.25, -0.2) is 9.96 Å². The molecule has 3 aromatic rings. The molecular formula is C23H16Cl2N2O4. The van der Waals surface area contributed by atoms with Gasteiger partial charge in [-0.05, 0) is 36.4 Å². The molecule has 1 N–H and O–H groups in total. The fourth-order valence-electron chi connectivity index (χ4n) is 4.15. The summed E-state index contributed by atoms with van der Waals surface area (Å²) in [5.41, 5.74) is 1.49. The lowest BCUT2D eigenvalue weighted by atomic mass is 9.90. The number of hydrogen-bond acceptors (Lipinski definition) is 5. The Bertz CT molecular complexity index is 1190. The first kappa shape index (κ1) is 19.9. The van der Waals surface area contributed by atoms with Crippen LogP contribution in [0.5, 0.6) is 5.75 Å². The molecule has 2 heterocycles. The predicted octanol–water partition coefficient (Wildman–Crippen LogP) is 4.75. The van der Waals surface area contributed by atoms with Crippen LogP contribution >= 0.6 is 23.2 Å². The summed E-state index contributed by atoms with van der Waals surface area (Å²) < 4.78 is 0. The maximum atomic E-state index is 13.5. The number of rotatable bonds is 3. The van der Waals surface area contributed by atoms with Crippen LogP contribution in [0.25, 0.3) is 0 Å². The predicted molar refractivity (Wildman–Crippen MR) is 117 cm³/mol. The number of carbonyl (C=O) groups is 2. The van der Waals surface area contributed by atoms with Gasteiger partial charge in [-0.2, -0.15) is 0 Å². The zero-order valence-corrected chi connectivity index (χ0v) is 17.5. The third kappa shape index (κ3) is 3.15. The van der Waals surface area contributed by atoms with Crippen molar-refractivity contribution in [1.82, 2.24) is 0 Å². The maximum absolute atomic E-state index is 13.5. The van der Waals surface area contributed by atoms with Gasteiger partial charge in [0.05, 0.1) is 27.5 Å². The molecule has 31 heavy (non-hydrogen) atoms. The van der Waals surface area contributed by atoms with Crippen molar-refractivity contribution < 1.29 is 19.5 Å². The molecule has 0 spiro atoms. The molecule has 0 unspecified atom stereocenters. The fourth-order valence-corrected chi connectivity index (χ4v) is 4.44. The Hall–Kier alpha value is -3.06. The highest BCUT2D eigenvalue weighted by Gasteiger charge is 2.60. The van der Waals surface area contributed by atoms with E-state index < -0.39 is 29.9 Å². The molecule has 2 aliphatic rings. The minimum Gasteiger partial charge on any atom is -0.508 e. The molecule has 8 heteroatoms. The van der Waals surface area contributed by atoms with Crippen LogP contribution in [0.2, 0.25) is 10.0 Å². The highest BCUT2D eigenvalue weighted by Crippen LogP contribution is 2.49. The Kier molecular flexibility index (Phi) is 4.85. The van der Waals surface area contributed by atoms with Crippen LogP contribution in [-0.4, -0.2) is 23.0 Å². The third-order valence-electron chi connectivity index (χ3n) is 5.54. The zero-order valence-electron chi connectivity index (χ0n) is 16.0. The summed E-state index contributed by atoms with van der Waals surface area (Å²) in [4.78, 5) is 33.9. The number of anilines is 2. The van der Waals surface area contributed by atoms with Crippen molar-refractivity contribution in [1.29, 1.82) is 0 Å². The molecule has 3 atom stereocenters. The summed E-state index contributed by atoms with van der Waals surface area (Å²) in [6, 6.07) is 19.8. The van der Waals surface area contributed by atoms with E-state index in [1.807, 2.05) is 30.3 Å². The summed E-state index contributed by atoms with van der Waals surface area (Å²) in [5.74, 6) is -1.76. The molecule has 0 aromatic heterocycles. The quantitative estimate of drug-likeness (QED) is 0.578. The number of phenols is 1. The number of halogens is 2. The highest BCUT2D eigenvalue weighted by molar-refractivity contribution is 6.42. The number of phenolic OH excluding ortho intramolecular Hbond substituents is 1. The number of carbonyl (C=O) groups excluding carboxylic acids is 2. The topological polar surface area (TPSA) is 70.1 Å². The molecule has 0 saturated carbocycles. The molecule has 5 rings (SSSR count). The van der Waals surface area contributed by atoms with Gasteiger partial charge in [-0.15, -0.1) is 0 Å². The van der Waals surface area contributed by atoms with E-state index in [0.29, 0.717) is 22.0 Å². The third-order valence-corrected chi connectivity index (χ3v) is 6.28. The Balaban J connectivity index is 1.60. The fraction of sp³-hybridized carbons (Fsp3) is 0.130. The standard InChI is InChI=1S/C23H16Cl2N2O4/c24-16-11-10-14(12-17(16)25)26-22(29)19-20(15-8-4-5-9-18(15)28)27(31-21(19)23(26)30)13-6-2-1-3-7-13/h1-12,19-21,28H/t19-,20-,21+/m0/s1. The van der Waals surface area contributed by atoms with E-state index >= 15 is 0 Å². The van der Waals surface area contributed by atoms with Crippen LogP contribution in [0, 0.1) is 5.92 Å². The lowest BCUT2D eigenvalue weighted by molar-refractivity contribution is -0.126. The van der Waals surface area contributed by atoms with Gasteiger partial charge in [-0.1, -0.05) is 59.6 Å². The SMILES string of the molecule is O=C1[C@@H]2[C@@H](ON(c3ccccc3)[C@H]2c2ccccc2O)C(=O)N1c1ccc(Cl)c(Cl)c1. The number of hydroxylamine groups is 1. The van der Waals surface area contributed by atoms with Crippen LogP contribution in [0.4, 0.5) is 11.4 Å². The summed E-state index contributed by atoms with van der Waals surface area (Å²) in [6.07, 6.45) is -1.04. The van der Waals surface area contributed by atoms with Crippen molar-refractivity contribution in [3.05, 3.63) is 88.4 Å². The Labute approximate surface area is 188 Å². The van der Waals surface area contributed by atoms with Crippen LogP contribution < -0.4 is 9.96 Å². The highest BCUT2D eigenvalue weighted by atomic mass is 35.5. The minimum atomic E-state index is -1.04. The Morgan fingerprint density at radius 3 is 2.23 bits per heavy atom. The van der Waals surface area contributed by atoms with Gasteiger partial charge < -0.3 is 5.11 Å². The van der Waals surface area contributed by atoms with Crippen molar-refractivity contribution in [2.24, 2.45) is 5.92 Å². The first-order valence-electron chi connectivity index (χ1n) is 9.59. The molecule has 0 radical (unpaired) electrons. The second-order valence-electron chi connectivity index (χ2n) is 7.33. The molecule has 6 nitrogen and oxygen atoms in total. The van der Waals surface area contributed by atoms with Crippen molar-refractivity contribution in [3.8, 4) is 5.75 Å². The van der Waals surface area contributed by atoms with E-state index in [2.05, 4.69) is 0 Å². The maximum Gasteiger partial charge on any atom is 0.266 e. The average Bonchev–Trinajstić information content (AvgIpc) is 3.27. The van der Waals surface area contributed by atoms with Crippen molar-refractivity contribution >= 4 is 46.4 Å². The minimum absolute atomic E-state index is 0.0194. The van der Waals surface area contributed by atoms with Crippen molar-refractivity contribution in [2.75, 3.05) is 9.96 Å². The largest absolute Gasteiger partial charge is 0.508 e. The summed E-state index contributed by atoms with van der Waals surface area (Å²) in [5, 5.41) is 12.6. The average molecular weight is 455 g/mol. The smallest absolute Gasteiger partial charge is 0.266 e.